The Morgan fingerprint density at radius 3 is 2.71 bits per heavy atom. The Labute approximate surface area is 124 Å². The average Bonchev–Trinajstić information content (AvgIpc) is 3.03. The summed E-state index contributed by atoms with van der Waals surface area (Å²) in [6.07, 6.45) is 2.68. The summed E-state index contributed by atoms with van der Waals surface area (Å²) >= 11 is 0. The highest BCUT2D eigenvalue weighted by Crippen LogP contribution is 2.16. The van der Waals surface area contributed by atoms with Crippen LogP contribution in [0, 0.1) is 6.92 Å². The zero-order valence-corrected chi connectivity index (χ0v) is 12.8. The average molecular weight is 290 g/mol. The fourth-order valence-electron chi connectivity index (χ4n) is 2.50. The summed E-state index contributed by atoms with van der Waals surface area (Å²) in [5.74, 6) is 1.47. The molecule has 0 radical (unpaired) electrons. The molecule has 2 heterocycles. The number of aromatic nitrogens is 1. The number of aryl methyl sites for hydroxylation is 2. The topological polar surface area (TPSA) is 58.6 Å². The van der Waals surface area contributed by atoms with Crippen LogP contribution < -0.4 is 0 Å². The molecule has 0 saturated carbocycles. The smallest absolute Gasteiger partial charge is 0.256 e. The van der Waals surface area contributed by atoms with Gasteiger partial charge in [0, 0.05) is 25.5 Å². The molecule has 1 N–H and O–H groups in total. The summed E-state index contributed by atoms with van der Waals surface area (Å²) in [6.45, 7) is 4.48. The number of hydrogen-bond donors (Lipinski definition) is 1. The van der Waals surface area contributed by atoms with E-state index in [0.717, 1.165) is 23.6 Å². The van der Waals surface area contributed by atoms with Gasteiger partial charge in [0.05, 0.1) is 18.7 Å². The SMILES string of the molecule is CCc1c(C(=O)N(CCO)Cc2ccc(C)o2)ccn1C. The van der Waals surface area contributed by atoms with Crippen LogP contribution in [0.4, 0.5) is 0 Å². The predicted molar refractivity (Wildman–Crippen MR) is 80.1 cm³/mol. The lowest BCUT2D eigenvalue weighted by Gasteiger charge is -2.21. The Morgan fingerprint density at radius 1 is 1.38 bits per heavy atom. The van der Waals surface area contributed by atoms with E-state index >= 15 is 0 Å². The lowest BCUT2D eigenvalue weighted by molar-refractivity contribution is 0.0693. The Kier molecular flexibility index (Phi) is 4.85. The molecule has 0 spiro atoms. The van der Waals surface area contributed by atoms with Gasteiger partial charge < -0.3 is 19.0 Å². The van der Waals surface area contributed by atoms with Crippen molar-refractivity contribution >= 4 is 5.91 Å². The van der Waals surface area contributed by atoms with Crippen molar-refractivity contribution in [2.45, 2.75) is 26.8 Å². The number of hydrogen-bond acceptors (Lipinski definition) is 3. The van der Waals surface area contributed by atoms with E-state index in [1.165, 1.54) is 0 Å². The Bertz CT molecular complexity index is 613. The second-order valence-electron chi connectivity index (χ2n) is 5.10. The highest BCUT2D eigenvalue weighted by atomic mass is 16.3. The molecule has 114 valence electrons. The van der Waals surface area contributed by atoms with E-state index in [4.69, 9.17) is 4.42 Å². The molecule has 0 saturated heterocycles. The summed E-state index contributed by atoms with van der Waals surface area (Å²) in [5, 5.41) is 9.22. The van der Waals surface area contributed by atoms with Gasteiger partial charge in [-0.2, -0.15) is 0 Å². The van der Waals surface area contributed by atoms with Crippen LogP contribution in [0.2, 0.25) is 0 Å². The van der Waals surface area contributed by atoms with E-state index in [0.29, 0.717) is 12.1 Å². The fraction of sp³-hybridized carbons (Fsp3) is 0.438. The van der Waals surface area contributed by atoms with Crippen molar-refractivity contribution in [3.8, 4) is 0 Å². The molecular weight excluding hydrogens is 268 g/mol. The standard InChI is InChI=1S/C16H22N2O3/c1-4-15-14(7-8-17(15)3)16(20)18(9-10-19)11-13-6-5-12(2)21-13/h5-8,19H,4,9-11H2,1-3H3. The van der Waals surface area contributed by atoms with E-state index in [2.05, 4.69) is 0 Å². The van der Waals surface area contributed by atoms with Crippen molar-refractivity contribution in [1.29, 1.82) is 0 Å². The maximum Gasteiger partial charge on any atom is 0.256 e. The molecule has 0 unspecified atom stereocenters. The molecule has 2 rings (SSSR count). The van der Waals surface area contributed by atoms with E-state index in [1.807, 2.05) is 49.9 Å². The maximum atomic E-state index is 12.7. The van der Waals surface area contributed by atoms with Crippen molar-refractivity contribution in [3.63, 3.8) is 0 Å². The molecule has 0 aromatic carbocycles. The molecular formula is C16H22N2O3. The molecule has 5 nitrogen and oxygen atoms in total. The maximum absolute atomic E-state index is 12.7. The van der Waals surface area contributed by atoms with Crippen LogP contribution in [0.25, 0.3) is 0 Å². The molecule has 0 aliphatic heterocycles. The Hall–Kier alpha value is -2.01. The molecule has 1 amide bonds. The van der Waals surface area contributed by atoms with Crippen LogP contribution in [0.5, 0.6) is 0 Å². The number of furan rings is 1. The van der Waals surface area contributed by atoms with Gasteiger partial charge in [0.25, 0.3) is 5.91 Å². The predicted octanol–water partition coefficient (Wildman–Crippen LogP) is 2.12. The monoisotopic (exact) mass is 290 g/mol. The number of aliphatic hydroxyl groups excluding tert-OH is 1. The van der Waals surface area contributed by atoms with Crippen molar-refractivity contribution in [1.82, 2.24) is 9.47 Å². The fourth-order valence-corrected chi connectivity index (χ4v) is 2.50. The molecule has 0 bridgehead atoms. The first-order valence-corrected chi connectivity index (χ1v) is 7.16. The third kappa shape index (κ3) is 3.36. The van der Waals surface area contributed by atoms with Gasteiger partial charge in [0.2, 0.25) is 0 Å². The first-order valence-electron chi connectivity index (χ1n) is 7.16. The van der Waals surface area contributed by atoms with Crippen LogP contribution in [0.1, 0.15) is 34.5 Å². The first-order chi connectivity index (χ1) is 10.1. The van der Waals surface area contributed by atoms with Crippen LogP contribution in [0.3, 0.4) is 0 Å². The Morgan fingerprint density at radius 2 is 2.14 bits per heavy atom. The van der Waals surface area contributed by atoms with Gasteiger partial charge in [-0.15, -0.1) is 0 Å². The van der Waals surface area contributed by atoms with E-state index in [9.17, 15) is 9.90 Å². The van der Waals surface area contributed by atoms with Crippen LogP contribution >= 0.6 is 0 Å². The minimum atomic E-state index is -0.0736. The van der Waals surface area contributed by atoms with Crippen LogP contribution in [-0.4, -0.2) is 33.6 Å². The summed E-state index contributed by atoms with van der Waals surface area (Å²) in [6, 6.07) is 5.56. The number of nitrogens with zero attached hydrogens (tertiary/aromatic N) is 2. The van der Waals surface area contributed by atoms with Crippen molar-refractivity contribution in [2.24, 2.45) is 7.05 Å². The lowest BCUT2D eigenvalue weighted by atomic mass is 10.1. The third-order valence-corrected chi connectivity index (χ3v) is 3.57. The van der Waals surface area contributed by atoms with E-state index in [1.54, 1.807) is 4.90 Å². The zero-order chi connectivity index (χ0) is 15.4. The van der Waals surface area contributed by atoms with Crippen LogP contribution in [-0.2, 0) is 20.0 Å². The van der Waals surface area contributed by atoms with Crippen molar-refractivity contribution in [2.75, 3.05) is 13.2 Å². The molecule has 21 heavy (non-hydrogen) atoms. The highest BCUT2D eigenvalue weighted by Gasteiger charge is 2.21. The molecule has 2 aromatic heterocycles. The van der Waals surface area contributed by atoms with Gasteiger partial charge in [-0.3, -0.25) is 4.79 Å². The molecule has 0 aliphatic carbocycles. The van der Waals surface area contributed by atoms with Crippen molar-refractivity contribution < 1.29 is 14.3 Å². The van der Waals surface area contributed by atoms with Gasteiger partial charge >= 0.3 is 0 Å². The number of amides is 1. The molecule has 0 fully saturated rings. The summed E-state index contributed by atoms with van der Waals surface area (Å²) in [4.78, 5) is 14.3. The van der Waals surface area contributed by atoms with E-state index < -0.39 is 0 Å². The minimum Gasteiger partial charge on any atom is -0.464 e. The molecule has 5 heteroatoms. The molecule has 2 aromatic rings. The number of carbonyl (C=O) groups excluding carboxylic acids is 1. The highest BCUT2D eigenvalue weighted by molar-refractivity contribution is 5.95. The largest absolute Gasteiger partial charge is 0.464 e. The first kappa shape index (κ1) is 15.4. The normalized spacial score (nSPS) is 10.9. The number of aliphatic hydroxyl groups is 1. The van der Waals surface area contributed by atoms with Gasteiger partial charge in [-0.05, 0) is 31.5 Å². The molecule has 0 atom stereocenters. The number of rotatable bonds is 6. The second kappa shape index (κ2) is 6.63. The third-order valence-electron chi connectivity index (χ3n) is 3.57. The Balaban J connectivity index is 2.22. The zero-order valence-electron chi connectivity index (χ0n) is 12.8. The summed E-state index contributed by atoms with van der Waals surface area (Å²) in [7, 11) is 1.93. The minimum absolute atomic E-state index is 0.0697. The summed E-state index contributed by atoms with van der Waals surface area (Å²) in [5.41, 5.74) is 1.69. The van der Waals surface area contributed by atoms with Gasteiger partial charge in [0.15, 0.2) is 0 Å². The second-order valence-corrected chi connectivity index (χ2v) is 5.10. The van der Waals surface area contributed by atoms with Crippen LogP contribution in [0.15, 0.2) is 28.8 Å². The lowest BCUT2D eigenvalue weighted by Crippen LogP contribution is -2.33. The summed E-state index contributed by atoms with van der Waals surface area (Å²) < 4.78 is 7.49. The number of carbonyl (C=O) groups is 1. The quantitative estimate of drug-likeness (QED) is 0.886. The molecule has 0 aliphatic rings. The van der Waals surface area contributed by atoms with Gasteiger partial charge in [-0.25, -0.2) is 0 Å². The van der Waals surface area contributed by atoms with Crippen molar-refractivity contribution in [3.05, 3.63) is 47.2 Å². The van der Waals surface area contributed by atoms with Gasteiger partial charge in [-0.1, -0.05) is 6.92 Å². The van der Waals surface area contributed by atoms with E-state index in [-0.39, 0.29) is 19.1 Å². The van der Waals surface area contributed by atoms with Gasteiger partial charge in [0.1, 0.15) is 11.5 Å².